The van der Waals surface area contributed by atoms with E-state index in [-0.39, 0.29) is 5.78 Å². The number of carbonyl (C=O) groups excluding carboxylic acids is 1. The number of H-pyrrole nitrogens is 1. The summed E-state index contributed by atoms with van der Waals surface area (Å²) in [6.07, 6.45) is 0. The molecule has 0 aliphatic heterocycles. The molecule has 0 bridgehead atoms. The minimum absolute atomic E-state index is 0.0933. The van der Waals surface area contributed by atoms with Gasteiger partial charge in [0.05, 0.1) is 17.7 Å². The van der Waals surface area contributed by atoms with Crippen LogP contribution in [0.5, 0.6) is 5.75 Å². The van der Waals surface area contributed by atoms with Gasteiger partial charge in [-0.1, -0.05) is 17.8 Å². The Labute approximate surface area is 135 Å². The van der Waals surface area contributed by atoms with Gasteiger partial charge in [-0.3, -0.25) is 9.89 Å². The first-order valence-corrected chi connectivity index (χ1v) is 8.39. The molecule has 0 saturated heterocycles. The molecule has 7 heteroatoms. The average molecular weight is 331 g/mol. The Hall–Kier alpha value is -2.12. The third-order valence-electron chi connectivity index (χ3n) is 2.96. The van der Waals surface area contributed by atoms with Crippen LogP contribution in [0.2, 0.25) is 0 Å². The number of ether oxygens (including phenoxy) is 1. The Kier molecular flexibility index (Phi) is 4.55. The van der Waals surface area contributed by atoms with Gasteiger partial charge in [-0.15, -0.1) is 16.4 Å². The van der Waals surface area contributed by atoms with Gasteiger partial charge in [0.1, 0.15) is 5.75 Å². The van der Waals surface area contributed by atoms with Gasteiger partial charge in [-0.05, 0) is 35.7 Å². The van der Waals surface area contributed by atoms with Gasteiger partial charge in [0, 0.05) is 5.56 Å². The van der Waals surface area contributed by atoms with Gasteiger partial charge in [-0.2, -0.15) is 0 Å². The molecule has 0 unspecified atom stereocenters. The average Bonchev–Trinajstić information content (AvgIpc) is 3.24. The van der Waals surface area contributed by atoms with E-state index >= 15 is 0 Å². The van der Waals surface area contributed by atoms with Gasteiger partial charge in [-0.25, -0.2) is 4.98 Å². The molecule has 0 amide bonds. The second-order valence-electron chi connectivity index (χ2n) is 4.38. The molecule has 0 aliphatic carbocycles. The molecule has 112 valence electrons. The number of Topliss-reactive ketones (excluding diaryl/α,β-unsaturated/α-hetero) is 1. The summed E-state index contributed by atoms with van der Waals surface area (Å²) in [7, 11) is 1.63. The van der Waals surface area contributed by atoms with E-state index in [0.717, 1.165) is 16.2 Å². The number of thiophene rings is 1. The van der Waals surface area contributed by atoms with E-state index in [9.17, 15) is 4.79 Å². The minimum Gasteiger partial charge on any atom is -0.497 e. The van der Waals surface area contributed by atoms with E-state index < -0.39 is 0 Å². The highest BCUT2D eigenvalue weighted by molar-refractivity contribution is 7.99. The molecule has 2 aromatic heterocycles. The number of hydrogen-bond acceptors (Lipinski definition) is 6. The molecule has 0 aliphatic rings. The zero-order valence-corrected chi connectivity index (χ0v) is 13.4. The van der Waals surface area contributed by atoms with Crippen LogP contribution in [0.25, 0.3) is 11.4 Å². The molecule has 1 aromatic carbocycles. The second kappa shape index (κ2) is 6.76. The Bertz CT molecular complexity index is 751. The van der Waals surface area contributed by atoms with Crippen LogP contribution < -0.4 is 4.74 Å². The predicted molar refractivity (Wildman–Crippen MR) is 87.7 cm³/mol. The Morgan fingerprint density at radius 2 is 2.14 bits per heavy atom. The maximum atomic E-state index is 11.9. The van der Waals surface area contributed by atoms with Crippen molar-refractivity contribution in [3.8, 4) is 17.1 Å². The molecule has 0 atom stereocenters. The highest BCUT2D eigenvalue weighted by Crippen LogP contribution is 2.22. The first-order chi connectivity index (χ1) is 10.8. The van der Waals surface area contributed by atoms with Crippen LogP contribution in [0.3, 0.4) is 0 Å². The summed E-state index contributed by atoms with van der Waals surface area (Å²) >= 11 is 2.78. The van der Waals surface area contributed by atoms with Crippen LogP contribution in [-0.2, 0) is 0 Å². The number of thioether (sulfide) groups is 1. The Morgan fingerprint density at radius 3 is 2.82 bits per heavy atom. The van der Waals surface area contributed by atoms with Gasteiger partial charge in [0.25, 0.3) is 0 Å². The van der Waals surface area contributed by atoms with E-state index in [4.69, 9.17) is 4.74 Å². The van der Waals surface area contributed by atoms with Crippen molar-refractivity contribution in [3.63, 3.8) is 0 Å². The molecule has 1 N–H and O–H groups in total. The molecule has 2 heterocycles. The maximum absolute atomic E-state index is 11.9. The molecule has 3 aromatic rings. The lowest BCUT2D eigenvalue weighted by atomic mass is 10.2. The molecule has 5 nitrogen and oxygen atoms in total. The number of nitrogens with zero attached hydrogens (tertiary/aromatic N) is 2. The van der Waals surface area contributed by atoms with Crippen molar-refractivity contribution in [2.45, 2.75) is 5.16 Å². The van der Waals surface area contributed by atoms with Crippen LogP contribution in [0.4, 0.5) is 0 Å². The standard InChI is InChI=1S/C15H13N3O2S2/c1-20-11-6-4-10(5-7-11)14-16-15(18-17-14)22-9-12(19)13-3-2-8-21-13/h2-8H,9H2,1H3,(H,16,17,18). The summed E-state index contributed by atoms with van der Waals surface area (Å²) < 4.78 is 5.12. The number of benzene rings is 1. The molecular weight excluding hydrogens is 318 g/mol. The number of nitrogens with one attached hydrogen (secondary N) is 1. The van der Waals surface area contributed by atoms with Gasteiger partial charge < -0.3 is 4.74 Å². The Morgan fingerprint density at radius 1 is 1.32 bits per heavy atom. The van der Waals surface area contributed by atoms with Gasteiger partial charge in [0.2, 0.25) is 5.16 Å². The van der Waals surface area contributed by atoms with Crippen molar-refractivity contribution in [3.05, 3.63) is 46.7 Å². The fraction of sp³-hybridized carbons (Fsp3) is 0.133. The van der Waals surface area contributed by atoms with E-state index in [2.05, 4.69) is 15.2 Å². The van der Waals surface area contributed by atoms with E-state index in [1.54, 1.807) is 7.11 Å². The lowest BCUT2D eigenvalue weighted by Gasteiger charge is -1.99. The van der Waals surface area contributed by atoms with Crippen LogP contribution in [-0.4, -0.2) is 33.8 Å². The lowest BCUT2D eigenvalue weighted by molar-refractivity contribution is 0.102. The van der Waals surface area contributed by atoms with Crippen molar-refractivity contribution in [1.29, 1.82) is 0 Å². The van der Waals surface area contributed by atoms with Gasteiger partial charge in [0.15, 0.2) is 11.6 Å². The fourth-order valence-corrected chi connectivity index (χ4v) is 3.26. The molecule has 0 saturated carbocycles. The van der Waals surface area contributed by atoms with Crippen molar-refractivity contribution in [2.24, 2.45) is 0 Å². The summed E-state index contributed by atoms with van der Waals surface area (Å²) in [5, 5.41) is 9.48. The molecule has 22 heavy (non-hydrogen) atoms. The summed E-state index contributed by atoms with van der Waals surface area (Å²) in [6.45, 7) is 0. The number of ketones is 1. The normalized spacial score (nSPS) is 10.6. The summed E-state index contributed by atoms with van der Waals surface area (Å²) in [6, 6.07) is 11.2. The smallest absolute Gasteiger partial charge is 0.209 e. The van der Waals surface area contributed by atoms with Crippen molar-refractivity contribution in [2.75, 3.05) is 12.9 Å². The summed E-state index contributed by atoms with van der Waals surface area (Å²) in [5.41, 5.74) is 0.921. The van der Waals surface area contributed by atoms with E-state index in [0.29, 0.717) is 16.7 Å². The second-order valence-corrected chi connectivity index (χ2v) is 6.27. The monoisotopic (exact) mass is 331 g/mol. The SMILES string of the molecule is COc1ccc(-c2nc(SCC(=O)c3cccs3)n[nH]2)cc1. The number of hydrogen-bond donors (Lipinski definition) is 1. The van der Waals surface area contributed by atoms with Crippen LogP contribution in [0.15, 0.2) is 46.9 Å². The lowest BCUT2D eigenvalue weighted by Crippen LogP contribution is -1.99. The molecule has 0 spiro atoms. The highest BCUT2D eigenvalue weighted by atomic mass is 32.2. The van der Waals surface area contributed by atoms with Crippen LogP contribution >= 0.6 is 23.1 Å². The van der Waals surface area contributed by atoms with Gasteiger partial charge >= 0.3 is 0 Å². The number of aromatic nitrogens is 3. The van der Waals surface area contributed by atoms with E-state index in [1.807, 2.05) is 41.8 Å². The number of carbonyl (C=O) groups is 1. The van der Waals surface area contributed by atoms with Crippen LogP contribution in [0, 0.1) is 0 Å². The predicted octanol–water partition coefficient (Wildman–Crippen LogP) is 3.52. The third-order valence-corrected chi connectivity index (χ3v) is 4.71. The molecule has 3 rings (SSSR count). The fourth-order valence-electron chi connectivity index (χ4n) is 1.83. The first kappa shape index (κ1) is 14.8. The molecule has 0 radical (unpaired) electrons. The molecular formula is C15H13N3O2S2. The van der Waals surface area contributed by atoms with Crippen molar-refractivity contribution >= 4 is 28.9 Å². The van der Waals surface area contributed by atoms with Crippen LogP contribution in [0.1, 0.15) is 9.67 Å². The summed E-state index contributed by atoms with van der Waals surface area (Å²) in [5.74, 6) is 1.89. The number of methoxy groups -OCH3 is 1. The van der Waals surface area contributed by atoms with Crippen molar-refractivity contribution < 1.29 is 9.53 Å². The largest absolute Gasteiger partial charge is 0.497 e. The number of aromatic amines is 1. The molecule has 0 fully saturated rings. The van der Waals surface area contributed by atoms with Crippen molar-refractivity contribution in [1.82, 2.24) is 15.2 Å². The zero-order chi connectivity index (χ0) is 15.4. The third kappa shape index (κ3) is 3.37. The zero-order valence-electron chi connectivity index (χ0n) is 11.8. The topological polar surface area (TPSA) is 67.9 Å². The minimum atomic E-state index is 0.0933. The number of rotatable bonds is 6. The first-order valence-electron chi connectivity index (χ1n) is 6.52. The highest BCUT2D eigenvalue weighted by Gasteiger charge is 2.11. The quantitative estimate of drug-likeness (QED) is 0.553. The summed E-state index contributed by atoms with van der Waals surface area (Å²) in [4.78, 5) is 17.1. The maximum Gasteiger partial charge on any atom is 0.209 e. The Balaban J connectivity index is 1.64. The van der Waals surface area contributed by atoms with E-state index in [1.165, 1.54) is 23.1 Å².